The number of hydrogen-bond donors (Lipinski definition) is 0. The number of rotatable bonds is 5. The summed E-state index contributed by atoms with van der Waals surface area (Å²) in [5.74, 6) is 0. The van der Waals surface area contributed by atoms with Crippen molar-refractivity contribution < 1.29 is 0 Å². The van der Waals surface area contributed by atoms with Crippen LogP contribution in [0.1, 0.15) is 6.42 Å². The summed E-state index contributed by atoms with van der Waals surface area (Å²) in [4.78, 5) is 0. The maximum atomic E-state index is 5.23. The fourth-order valence-corrected chi connectivity index (χ4v) is 0.545. The first-order valence-corrected chi connectivity index (χ1v) is 2.98. The fourth-order valence-electron chi connectivity index (χ4n) is 0.545. The summed E-state index contributed by atoms with van der Waals surface area (Å²) in [6.45, 7) is 0. The molecule has 6 heteroatoms. The van der Waals surface area contributed by atoms with Crippen LogP contribution in [0, 0.1) is 0 Å². The minimum Gasteiger partial charge on any atom is -0.112 e. The molecule has 0 unspecified atom stereocenters. The third-order valence-electron chi connectivity index (χ3n) is 1.16. The van der Waals surface area contributed by atoms with Gasteiger partial charge in [0.15, 0.2) is 0 Å². The highest BCUT2D eigenvalue weighted by molar-refractivity contribution is 7.03. The SMILES string of the molecule is [B][B]CCC([B][B])[B][B]. The van der Waals surface area contributed by atoms with E-state index in [-0.39, 0.29) is 5.72 Å². The van der Waals surface area contributed by atoms with Crippen molar-refractivity contribution >= 4 is 44.7 Å². The smallest absolute Gasteiger partial charge is 0.0544 e. The van der Waals surface area contributed by atoms with Gasteiger partial charge in [0.25, 0.3) is 0 Å². The second-order valence-corrected chi connectivity index (χ2v) is 1.86. The van der Waals surface area contributed by atoms with E-state index in [1.54, 1.807) is 21.5 Å². The molecule has 35 valence electrons. The van der Waals surface area contributed by atoms with E-state index in [2.05, 4.69) is 0 Å². The van der Waals surface area contributed by atoms with Gasteiger partial charge in [-0.15, -0.1) is 5.72 Å². The van der Waals surface area contributed by atoms with E-state index in [4.69, 9.17) is 23.2 Å². The van der Waals surface area contributed by atoms with Gasteiger partial charge in [0.2, 0.25) is 0 Å². The first-order chi connectivity index (χ1) is 4.35. The first-order valence-electron chi connectivity index (χ1n) is 2.98. The van der Waals surface area contributed by atoms with E-state index >= 15 is 0 Å². The largest absolute Gasteiger partial charge is 0.112 e. The zero-order chi connectivity index (χ0) is 7.11. The molecule has 0 amide bonds. The highest BCUT2D eigenvalue weighted by Crippen LogP contribution is 2.06. The summed E-state index contributed by atoms with van der Waals surface area (Å²) < 4.78 is 0. The summed E-state index contributed by atoms with van der Waals surface area (Å²) in [6.07, 6.45) is 1.76. The van der Waals surface area contributed by atoms with Gasteiger partial charge in [0.05, 0.1) is 7.17 Å². The Morgan fingerprint density at radius 2 is 1.67 bits per heavy atom. The van der Waals surface area contributed by atoms with Crippen molar-refractivity contribution in [1.29, 1.82) is 0 Å². The minimum absolute atomic E-state index is 0.199. The summed E-state index contributed by atoms with van der Waals surface area (Å²) >= 11 is 0. The Balaban J connectivity index is 3.09. The molecule has 0 atom stereocenters. The Hall–Kier alpha value is 0.390. The third-order valence-corrected chi connectivity index (χ3v) is 1.16. The van der Waals surface area contributed by atoms with Crippen molar-refractivity contribution in [2.24, 2.45) is 0 Å². The lowest BCUT2D eigenvalue weighted by molar-refractivity contribution is 1.01. The summed E-state index contributed by atoms with van der Waals surface area (Å²) in [5.41, 5.74) is 0.199. The lowest BCUT2D eigenvalue weighted by Gasteiger charge is -2.09. The standard InChI is InChI=1S/C3H5B6/c4-7-2-1-3(8-5)9-6/h3H,1-2H2. The monoisotopic (exact) mass is 107 g/mol. The van der Waals surface area contributed by atoms with E-state index < -0.39 is 0 Å². The van der Waals surface area contributed by atoms with E-state index in [9.17, 15) is 0 Å². The quantitative estimate of drug-likeness (QED) is 0.390. The Bertz CT molecular complexity index is 52.3. The molecule has 0 spiro atoms. The van der Waals surface area contributed by atoms with E-state index in [0.717, 1.165) is 12.7 Å². The highest BCUT2D eigenvalue weighted by atomic mass is 13.8. The van der Waals surface area contributed by atoms with E-state index in [1.807, 2.05) is 0 Å². The van der Waals surface area contributed by atoms with E-state index in [1.165, 1.54) is 0 Å². The van der Waals surface area contributed by atoms with Crippen LogP contribution in [-0.4, -0.2) is 44.7 Å². The summed E-state index contributed by atoms with van der Waals surface area (Å²) in [6, 6.07) is 0. The maximum Gasteiger partial charge on any atom is 0.0544 e. The van der Waals surface area contributed by atoms with Crippen molar-refractivity contribution in [2.75, 3.05) is 0 Å². The Kier molecular flexibility index (Phi) is 6.79. The average Bonchev–Trinajstić information content (AvgIpc) is 1.91. The van der Waals surface area contributed by atoms with Gasteiger partial charge in [-0.3, -0.25) is 0 Å². The molecular weight excluding hydrogens is 101 g/mol. The molecule has 0 saturated heterocycles. The van der Waals surface area contributed by atoms with E-state index in [0.29, 0.717) is 0 Å². The van der Waals surface area contributed by atoms with Crippen molar-refractivity contribution in [3.05, 3.63) is 0 Å². The number of hydrogen-bond acceptors (Lipinski definition) is 0. The van der Waals surface area contributed by atoms with Crippen molar-refractivity contribution in [2.45, 2.75) is 18.5 Å². The van der Waals surface area contributed by atoms with Gasteiger partial charge in [0.1, 0.15) is 0 Å². The molecule has 9 heavy (non-hydrogen) atoms. The van der Waals surface area contributed by atoms with Gasteiger partial charge in [-0.05, 0) is 0 Å². The van der Waals surface area contributed by atoms with Crippen LogP contribution in [0.4, 0.5) is 0 Å². The second kappa shape index (κ2) is 6.51. The van der Waals surface area contributed by atoms with Crippen LogP contribution >= 0.6 is 0 Å². The Morgan fingerprint density at radius 1 is 1.11 bits per heavy atom. The predicted molar refractivity (Wildman–Crippen MR) is 47.7 cm³/mol. The van der Waals surface area contributed by atoms with Crippen LogP contribution in [-0.2, 0) is 0 Å². The van der Waals surface area contributed by atoms with Crippen LogP contribution in [0.15, 0.2) is 0 Å². The molecule has 0 aliphatic heterocycles. The second-order valence-electron chi connectivity index (χ2n) is 1.86. The molecule has 0 rings (SSSR count). The van der Waals surface area contributed by atoms with Crippen LogP contribution in [0.3, 0.4) is 0 Å². The molecule has 0 bridgehead atoms. The summed E-state index contributed by atoms with van der Waals surface area (Å²) in [7, 11) is 20.4. The fraction of sp³-hybridized carbons (Fsp3) is 1.00. The molecule has 0 aliphatic carbocycles. The normalized spacial score (nSPS) is 9.00. The zero-order valence-corrected chi connectivity index (χ0v) is 5.46. The van der Waals surface area contributed by atoms with Crippen molar-refractivity contribution in [3.63, 3.8) is 0 Å². The molecule has 0 fully saturated rings. The zero-order valence-electron chi connectivity index (χ0n) is 5.46. The molecule has 0 heterocycles. The average molecular weight is 106 g/mol. The third kappa shape index (κ3) is 4.87. The molecule has 9 radical (unpaired) electrons. The highest BCUT2D eigenvalue weighted by Gasteiger charge is 2.01. The molecule has 0 nitrogen and oxygen atoms in total. The lowest BCUT2D eigenvalue weighted by atomic mass is 9.28. The first kappa shape index (κ1) is 9.39. The van der Waals surface area contributed by atoms with Gasteiger partial charge >= 0.3 is 0 Å². The van der Waals surface area contributed by atoms with Crippen molar-refractivity contribution in [3.8, 4) is 0 Å². The predicted octanol–water partition coefficient (Wildman–Crippen LogP) is -1.10. The van der Waals surface area contributed by atoms with Gasteiger partial charge in [0, 0.05) is 37.6 Å². The molecular formula is C3H5B6. The van der Waals surface area contributed by atoms with Gasteiger partial charge in [-0.25, -0.2) is 0 Å². The Labute approximate surface area is 63.8 Å². The molecule has 0 saturated carbocycles. The molecule has 0 aromatic carbocycles. The van der Waals surface area contributed by atoms with Crippen LogP contribution in [0.25, 0.3) is 0 Å². The van der Waals surface area contributed by atoms with Gasteiger partial charge < -0.3 is 0 Å². The molecule has 0 N–H and O–H groups in total. The van der Waals surface area contributed by atoms with Gasteiger partial charge in [-0.1, -0.05) is 12.7 Å². The van der Waals surface area contributed by atoms with Gasteiger partial charge in [-0.2, -0.15) is 0 Å². The Morgan fingerprint density at radius 3 is 2.00 bits per heavy atom. The molecule has 0 aromatic rings. The molecule has 0 aliphatic rings. The molecule has 0 aromatic heterocycles. The summed E-state index contributed by atoms with van der Waals surface area (Å²) in [5, 5.41) is 0. The van der Waals surface area contributed by atoms with Crippen molar-refractivity contribution in [1.82, 2.24) is 0 Å². The van der Waals surface area contributed by atoms with Crippen LogP contribution in [0.5, 0.6) is 0 Å². The van der Waals surface area contributed by atoms with Crippen LogP contribution in [0.2, 0.25) is 12.0 Å². The topological polar surface area (TPSA) is 0 Å². The van der Waals surface area contributed by atoms with Crippen LogP contribution < -0.4 is 0 Å². The maximum absolute atomic E-state index is 5.23. The minimum atomic E-state index is 0.199. The lowest BCUT2D eigenvalue weighted by Crippen LogP contribution is -2.12.